The Kier molecular flexibility index (Phi) is 4.15. The molecule has 1 atom stereocenters. The fourth-order valence-electron chi connectivity index (χ4n) is 4.45. The number of rotatable bonds is 3. The third-order valence-corrected chi connectivity index (χ3v) is 6.23. The fourth-order valence-corrected chi connectivity index (χ4v) is 4.45. The summed E-state index contributed by atoms with van der Waals surface area (Å²) in [5, 5.41) is 9.08. The van der Waals surface area contributed by atoms with E-state index >= 15 is 0 Å². The third kappa shape index (κ3) is 3.02. The van der Waals surface area contributed by atoms with E-state index < -0.39 is 6.17 Å². The Labute approximate surface area is 158 Å². The van der Waals surface area contributed by atoms with E-state index in [1.807, 2.05) is 22.7 Å². The maximum Gasteiger partial charge on any atom is 0.254 e. The SMILES string of the molecule is Cn1nc(C2CCNC2)c2c(C(=O)N3CCC(F)CC3)cc(C3CC3)nc21. The number of carbonyl (C=O) groups is 1. The lowest BCUT2D eigenvalue weighted by molar-refractivity contribution is 0.0668. The van der Waals surface area contributed by atoms with Crippen LogP contribution in [0.5, 0.6) is 0 Å². The second-order valence-corrected chi connectivity index (χ2v) is 8.23. The van der Waals surface area contributed by atoms with Crippen LogP contribution < -0.4 is 5.32 Å². The van der Waals surface area contributed by atoms with Crippen LogP contribution in [0.4, 0.5) is 4.39 Å². The molecule has 1 amide bonds. The number of amides is 1. The summed E-state index contributed by atoms with van der Waals surface area (Å²) >= 11 is 0. The fraction of sp³-hybridized carbons (Fsp3) is 0.650. The topological polar surface area (TPSA) is 63.1 Å². The number of carbonyl (C=O) groups excluding carboxylic acids is 1. The molecule has 1 N–H and O–H groups in total. The molecule has 144 valence electrons. The summed E-state index contributed by atoms with van der Waals surface area (Å²) in [6.07, 6.45) is 3.38. The number of fused-ring (bicyclic) bond motifs is 1. The number of hydrogen-bond donors (Lipinski definition) is 1. The van der Waals surface area contributed by atoms with Crippen molar-refractivity contribution in [2.75, 3.05) is 26.2 Å². The number of likely N-dealkylation sites (tertiary alicyclic amines) is 1. The quantitative estimate of drug-likeness (QED) is 0.900. The summed E-state index contributed by atoms with van der Waals surface area (Å²) in [6, 6.07) is 2.00. The first-order valence-electron chi connectivity index (χ1n) is 10.1. The number of pyridine rings is 1. The van der Waals surface area contributed by atoms with Gasteiger partial charge >= 0.3 is 0 Å². The van der Waals surface area contributed by atoms with Gasteiger partial charge in [0, 0.05) is 44.2 Å². The molecular weight excluding hydrogens is 345 g/mol. The highest BCUT2D eigenvalue weighted by Crippen LogP contribution is 2.41. The maximum atomic E-state index is 13.6. The van der Waals surface area contributed by atoms with E-state index in [2.05, 4.69) is 5.32 Å². The second kappa shape index (κ2) is 6.55. The molecule has 0 radical (unpaired) electrons. The Bertz CT molecular complexity index is 876. The van der Waals surface area contributed by atoms with Crippen molar-refractivity contribution in [3.63, 3.8) is 0 Å². The van der Waals surface area contributed by atoms with E-state index in [0.29, 0.717) is 43.3 Å². The van der Waals surface area contributed by atoms with Crippen LogP contribution in [0.1, 0.15) is 65.7 Å². The number of nitrogens with one attached hydrogen (secondary N) is 1. The van der Waals surface area contributed by atoms with Gasteiger partial charge < -0.3 is 10.2 Å². The molecule has 4 heterocycles. The summed E-state index contributed by atoms with van der Waals surface area (Å²) in [5.74, 6) is 0.783. The molecule has 2 aromatic rings. The van der Waals surface area contributed by atoms with Crippen molar-refractivity contribution in [2.24, 2.45) is 7.05 Å². The minimum absolute atomic E-state index is 0.0106. The van der Waals surface area contributed by atoms with E-state index in [1.54, 1.807) is 0 Å². The van der Waals surface area contributed by atoms with Crippen LogP contribution in [-0.2, 0) is 7.05 Å². The van der Waals surface area contributed by atoms with Crippen LogP contribution in [0.3, 0.4) is 0 Å². The number of piperidine rings is 1. The Hall–Kier alpha value is -2.02. The monoisotopic (exact) mass is 371 g/mol. The highest BCUT2D eigenvalue weighted by Gasteiger charge is 2.33. The molecule has 6 nitrogen and oxygen atoms in total. The average molecular weight is 371 g/mol. The Balaban J connectivity index is 1.62. The summed E-state index contributed by atoms with van der Waals surface area (Å²) in [6.45, 7) is 2.84. The number of aromatic nitrogens is 3. The molecule has 1 unspecified atom stereocenters. The lowest BCUT2D eigenvalue weighted by Crippen LogP contribution is -2.39. The van der Waals surface area contributed by atoms with Gasteiger partial charge in [-0.15, -0.1) is 0 Å². The molecule has 2 aromatic heterocycles. The van der Waals surface area contributed by atoms with Gasteiger partial charge in [-0.2, -0.15) is 5.10 Å². The highest BCUT2D eigenvalue weighted by atomic mass is 19.1. The van der Waals surface area contributed by atoms with Crippen molar-refractivity contribution >= 4 is 16.9 Å². The highest BCUT2D eigenvalue weighted by molar-refractivity contribution is 6.07. The molecule has 3 aliphatic rings. The van der Waals surface area contributed by atoms with Crippen LogP contribution in [0.25, 0.3) is 11.0 Å². The first-order valence-corrected chi connectivity index (χ1v) is 10.1. The number of aryl methyl sites for hydroxylation is 1. The van der Waals surface area contributed by atoms with Crippen molar-refractivity contribution in [2.45, 2.75) is 50.1 Å². The lowest BCUT2D eigenvalue weighted by Gasteiger charge is -2.29. The molecule has 3 fully saturated rings. The zero-order valence-corrected chi connectivity index (χ0v) is 15.7. The van der Waals surface area contributed by atoms with Gasteiger partial charge in [-0.05, 0) is 44.7 Å². The Morgan fingerprint density at radius 2 is 1.96 bits per heavy atom. The average Bonchev–Trinajstić information content (AvgIpc) is 3.28. The predicted octanol–water partition coefficient (Wildman–Crippen LogP) is 2.50. The van der Waals surface area contributed by atoms with Crippen LogP contribution in [0.15, 0.2) is 6.07 Å². The van der Waals surface area contributed by atoms with Crippen molar-refractivity contribution in [3.05, 3.63) is 23.0 Å². The minimum Gasteiger partial charge on any atom is -0.338 e. The molecule has 7 heteroatoms. The molecule has 27 heavy (non-hydrogen) atoms. The summed E-state index contributed by atoms with van der Waals surface area (Å²) in [7, 11) is 1.92. The molecule has 0 bridgehead atoms. The van der Waals surface area contributed by atoms with E-state index in [-0.39, 0.29) is 5.91 Å². The molecule has 0 spiro atoms. The molecule has 5 rings (SSSR count). The zero-order valence-electron chi connectivity index (χ0n) is 15.7. The first kappa shape index (κ1) is 17.1. The van der Waals surface area contributed by atoms with Crippen LogP contribution in [-0.4, -0.2) is 57.9 Å². The van der Waals surface area contributed by atoms with Crippen molar-refractivity contribution in [1.29, 1.82) is 0 Å². The Morgan fingerprint density at radius 3 is 2.63 bits per heavy atom. The van der Waals surface area contributed by atoms with Crippen molar-refractivity contribution < 1.29 is 9.18 Å². The third-order valence-electron chi connectivity index (χ3n) is 6.23. The standard InChI is InChI=1S/C20H26FN5O/c1-25-19-17(18(24-25)13-4-7-22-11-13)15(10-16(23-19)12-2-3-12)20(27)26-8-5-14(21)6-9-26/h10,12-14,22H,2-9,11H2,1H3. The molecule has 1 saturated carbocycles. The van der Waals surface area contributed by atoms with E-state index in [0.717, 1.165) is 54.8 Å². The molecule has 2 saturated heterocycles. The zero-order chi connectivity index (χ0) is 18.5. The Morgan fingerprint density at radius 1 is 1.19 bits per heavy atom. The van der Waals surface area contributed by atoms with Crippen LogP contribution in [0.2, 0.25) is 0 Å². The summed E-state index contributed by atoms with van der Waals surface area (Å²) in [5.41, 5.74) is 3.51. The predicted molar refractivity (Wildman–Crippen MR) is 101 cm³/mol. The van der Waals surface area contributed by atoms with Gasteiger partial charge in [0.1, 0.15) is 6.17 Å². The summed E-state index contributed by atoms with van der Waals surface area (Å²) in [4.78, 5) is 20.1. The van der Waals surface area contributed by atoms with E-state index in [9.17, 15) is 9.18 Å². The molecule has 1 aliphatic carbocycles. The number of alkyl halides is 1. The molecule has 2 aliphatic heterocycles. The van der Waals surface area contributed by atoms with E-state index in [1.165, 1.54) is 0 Å². The summed E-state index contributed by atoms with van der Waals surface area (Å²) < 4.78 is 15.4. The van der Waals surface area contributed by atoms with Gasteiger partial charge in [-0.3, -0.25) is 9.48 Å². The minimum atomic E-state index is -0.785. The molecular formula is C20H26FN5O. The van der Waals surface area contributed by atoms with Gasteiger partial charge in [-0.25, -0.2) is 9.37 Å². The number of nitrogens with zero attached hydrogens (tertiary/aromatic N) is 4. The van der Waals surface area contributed by atoms with Crippen molar-refractivity contribution in [1.82, 2.24) is 25.0 Å². The number of halogens is 1. The van der Waals surface area contributed by atoms with Gasteiger partial charge in [0.25, 0.3) is 5.91 Å². The largest absolute Gasteiger partial charge is 0.338 e. The second-order valence-electron chi connectivity index (χ2n) is 8.23. The van der Waals surface area contributed by atoms with Crippen molar-refractivity contribution in [3.8, 4) is 0 Å². The van der Waals surface area contributed by atoms with Crippen LogP contribution >= 0.6 is 0 Å². The number of hydrogen-bond acceptors (Lipinski definition) is 4. The van der Waals surface area contributed by atoms with E-state index in [4.69, 9.17) is 10.1 Å². The maximum absolute atomic E-state index is 13.6. The lowest BCUT2D eigenvalue weighted by atomic mass is 9.97. The van der Waals surface area contributed by atoms with Gasteiger partial charge in [0.15, 0.2) is 5.65 Å². The normalized spacial score (nSPS) is 24.1. The smallest absolute Gasteiger partial charge is 0.254 e. The van der Waals surface area contributed by atoms with Gasteiger partial charge in [-0.1, -0.05) is 0 Å². The van der Waals surface area contributed by atoms with Gasteiger partial charge in [0.2, 0.25) is 0 Å². The first-order chi connectivity index (χ1) is 13.1. The van der Waals surface area contributed by atoms with Gasteiger partial charge in [0.05, 0.1) is 16.6 Å². The molecule has 0 aromatic carbocycles. The van der Waals surface area contributed by atoms with Crippen LogP contribution in [0, 0.1) is 0 Å².